The highest BCUT2D eigenvalue weighted by atomic mass is 16.7. The zero-order valence-corrected chi connectivity index (χ0v) is 8.12. The number of rotatable bonds is 1. The second-order valence-corrected chi connectivity index (χ2v) is 4.07. The second kappa shape index (κ2) is 2.65. The van der Waals surface area contributed by atoms with Crippen LogP contribution in [-0.2, 0) is 19.1 Å². The number of aliphatic hydroxyl groups is 1. The first-order valence-electron chi connectivity index (χ1n) is 4.83. The van der Waals surface area contributed by atoms with Crippen LogP contribution in [0.5, 0.6) is 0 Å². The molecule has 84 valence electrons. The van der Waals surface area contributed by atoms with Gasteiger partial charge in [-0.15, -0.1) is 0 Å². The lowest BCUT2D eigenvalue weighted by Crippen LogP contribution is -2.55. The molecule has 4 atom stereocenters. The van der Waals surface area contributed by atoms with Crippen molar-refractivity contribution in [2.24, 2.45) is 17.6 Å². The normalized spacial score (nSPS) is 43.4. The van der Waals surface area contributed by atoms with E-state index in [2.05, 4.69) is 0 Å². The fourth-order valence-corrected chi connectivity index (χ4v) is 2.33. The zero-order valence-electron chi connectivity index (χ0n) is 8.12. The van der Waals surface area contributed by atoms with Crippen molar-refractivity contribution >= 4 is 11.9 Å². The Morgan fingerprint density at radius 2 is 2.25 bits per heavy atom. The zero-order chi connectivity index (χ0) is 11.5. The lowest BCUT2D eigenvalue weighted by Gasteiger charge is -2.41. The topological polar surface area (TPSA) is 98.9 Å². The molecule has 0 aromatic heterocycles. The number of carbonyl (C=O) groups excluding carboxylic acids is 2. The Hall–Kier alpha value is -1.82. The standard InChI is InChI=1S/C10H9NO5/c11-7(12)6-3-5-4-1-2-10(5,14)9(13)16-8(4)15-6/h1-5,8,14H,(H2,11,12)/t4-,5-,8+,10-/m0/s1. The number of nitrogens with two attached hydrogens (primary N) is 1. The average molecular weight is 223 g/mol. The first-order valence-corrected chi connectivity index (χ1v) is 4.83. The number of primary amides is 1. The lowest BCUT2D eigenvalue weighted by molar-refractivity contribution is -0.224. The highest BCUT2D eigenvalue weighted by Gasteiger charge is 2.59. The molecule has 1 aliphatic carbocycles. The van der Waals surface area contributed by atoms with Gasteiger partial charge in [0.1, 0.15) is 0 Å². The lowest BCUT2D eigenvalue weighted by atomic mass is 9.80. The minimum absolute atomic E-state index is 0.0686. The minimum Gasteiger partial charge on any atom is -0.449 e. The molecule has 1 saturated heterocycles. The summed E-state index contributed by atoms with van der Waals surface area (Å²) in [4.78, 5) is 22.5. The molecule has 0 spiro atoms. The van der Waals surface area contributed by atoms with E-state index in [1.165, 1.54) is 12.2 Å². The first-order chi connectivity index (χ1) is 7.52. The van der Waals surface area contributed by atoms with Crippen molar-refractivity contribution in [3.8, 4) is 0 Å². The second-order valence-electron chi connectivity index (χ2n) is 4.07. The van der Waals surface area contributed by atoms with Crippen molar-refractivity contribution in [3.05, 3.63) is 24.0 Å². The Balaban J connectivity index is 2.09. The van der Waals surface area contributed by atoms with Crippen molar-refractivity contribution in [1.82, 2.24) is 0 Å². The Labute approximate surface area is 90.3 Å². The molecular formula is C10H9NO5. The van der Waals surface area contributed by atoms with Gasteiger partial charge < -0.3 is 20.3 Å². The molecule has 0 saturated carbocycles. The summed E-state index contributed by atoms with van der Waals surface area (Å²) in [6.07, 6.45) is 3.57. The molecule has 2 heterocycles. The van der Waals surface area contributed by atoms with Crippen LogP contribution in [0.2, 0.25) is 0 Å². The molecule has 6 nitrogen and oxygen atoms in total. The summed E-state index contributed by atoms with van der Waals surface area (Å²) in [5, 5.41) is 10.1. The van der Waals surface area contributed by atoms with E-state index in [1.54, 1.807) is 6.08 Å². The van der Waals surface area contributed by atoms with Crippen LogP contribution in [0.3, 0.4) is 0 Å². The van der Waals surface area contributed by atoms with E-state index in [4.69, 9.17) is 15.2 Å². The molecule has 4 bridgehead atoms. The van der Waals surface area contributed by atoms with Crippen LogP contribution < -0.4 is 5.73 Å². The van der Waals surface area contributed by atoms with Gasteiger partial charge >= 0.3 is 5.97 Å². The fourth-order valence-electron chi connectivity index (χ4n) is 2.33. The number of amides is 1. The van der Waals surface area contributed by atoms with Crippen LogP contribution in [0.25, 0.3) is 0 Å². The van der Waals surface area contributed by atoms with Gasteiger partial charge in [-0.2, -0.15) is 0 Å². The number of ether oxygens (including phenoxy) is 2. The summed E-state index contributed by atoms with van der Waals surface area (Å²) in [5.41, 5.74) is 3.40. The fraction of sp³-hybridized carbons (Fsp3) is 0.400. The van der Waals surface area contributed by atoms with Crippen molar-refractivity contribution in [2.75, 3.05) is 0 Å². The maximum Gasteiger partial charge on any atom is 0.345 e. The summed E-state index contributed by atoms with van der Waals surface area (Å²) in [6.45, 7) is 0. The number of carbonyl (C=O) groups is 2. The van der Waals surface area contributed by atoms with E-state index in [9.17, 15) is 14.7 Å². The van der Waals surface area contributed by atoms with E-state index in [1.807, 2.05) is 0 Å². The van der Waals surface area contributed by atoms with E-state index in [0.29, 0.717) is 0 Å². The van der Waals surface area contributed by atoms with Gasteiger partial charge in [-0.05, 0) is 12.2 Å². The van der Waals surface area contributed by atoms with Crippen LogP contribution in [0.15, 0.2) is 24.0 Å². The molecular weight excluding hydrogens is 214 g/mol. The third kappa shape index (κ3) is 0.943. The minimum atomic E-state index is -1.69. The molecule has 3 aliphatic rings. The molecule has 1 amide bonds. The molecule has 0 unspecified atom stereocenters. The maximum atomic E-state index is 11.5. The van der Waals surface area contributed by atoms with Crippen LogP contribution >= 0.6 is 0 Å². The molecule has 3 N–H and O–H groups in total. The van der Waals surface area contributed by atoms with Crippen molar-refractivity contribution in [2.45, 2.75) is 11.9 Å². The van der Waals surface area contributed by atoms with E-state index >= 15 is 0 Å². The van der Waals surface area contributed by atoms with Gasteiger partial charge in [-0.25, -0.2) is 4.79 Å². The molecule has 0 aromatic rings. The molecule has 3 rings (SSSR count). The van der Waals surface area contributed by atoms with Gasteiger partial charge in [0, 0.05) is 5.92 Å². The third-order valence-electron chi connectivity index (χ3n) is 3.18. The highest BCUT2D eigenvalue weighted by molar-refractivity contribution is 5.91. The van der Waals surface area contributed by atoms with Crippen molar-refractivity contribution in [3.63, 3.8) is 0 Å². The Bertz CT molecular complexity index is 454. The van der Waals surface area contributed by atoms with Crippen LogP contribution in [-0.4, -0.2) is 28.9 Å². The Kier molecular flexibility index (Phi) is 1.56. The van der Waals surface area contributed by atoms with Crippen LogP contribution in [0, 0.1) is 11.8 Å². The van der Waals surface area contributed by atoms with Gasteiger partial charge in [0.15, 0.2) is 11.4 Å². The number of hydrogen-bond acceptors (Lipinski definition) is 5. The maximum absolute atomic E-state index is 11.5. The third-order valence-corrected chi connectivity index (χ3v) is 3.18. The summed E-state index contributed by atoms with van der Waals surface area (Å²) < 4.78 is 10.1. The van der Waals surface area contributed by atoms with Gasteiger partial charge in [-0.1, -0.05) is 6.08 Å². The Morgan fingerprint density at radius 1 is 1.50 bits per heavy atom. The van der Waals surface area contributed by atoms with Crippen LogP contribution in [0.1, 0.15) is 0 Å². The predicted octanol–water partition coefficient (Wildman–Crippen LogP) is -1.20. The summed E-state index contributed by atoms with van der Waals surface area (Å²) in [6, 6.07) is 0. The van der Waals surface area contributed by atoms with E-state index < -0.39 is 29.7 Å². The monoisotopic (exact) mass is 223 g/mol. The van der Waals surface area contributed by atoms with Gasteiger partial charge in [0.25, 0.3) is 12.2 Å². The number of esters is 1. The summed E-state index contributed by atoms with van der Waals surface area (Å²) in [5.74, 6) is -2.36. The average Bonchev–Trinajstić information content (AvgIpc) is 2.50. The van der Waals surface area contributed by atoms with Gasteiger partial charge in [0.05, 0.1) is 5.92 Å². The highest BCUT2D eigenvalue weighted by Crippen LogP contribution is 2.47. The summed E-state index contributed by atoms with van der Waals surface area (Å²) in [7, 11) is 0. The van der Waals surface area contributed by atoms with E-state index in [0.717, 1.165) is 0 Å². The first kappa shape index (κ1) is 9.41. The molecule has 0 radical (unpaired) electrons. The Morgan fingerprint density at radius 3 is 2.94 bits per heavy atom. The van der Waals surface area contributed by atoms with Crippen LogP contribution in [0.4, 0.5) is 0 Å². The van der Waals surface area contributed by atoms with Crippen molar-refractivity contribution in [1.29, 1.82) is 0 Å². The predicted molar refractivity (Wildman–Crippen MR) is 49.3 cm³/mol. The summed E-state index contributed by atoms with van der Waals surface area (Å²) >= 11 is 0. The largest absolute Gasteiger partial charge is 0.449 e. The molecule has 16 heavy (non-hydrogen) atoms. The van der Waals surface area contributed by atoms with E-state index in [-0.39, 0.29) is 11.7 Å². The quantitative estimate of drug-likeness (QED) is 0.430. The molecule has 2 aliphatic heterocycles. The molecule has 6 heteroatoms. The van der Waals surface area contributed by atoms with Crippen molar-refractivity contribution < 1.29 is 24.2 Å². The van der Waals surface area contributed by atoms with Gasteiger partial charge in [0.2, 0.25) is 0 Å². The SMILES string of the molecule is NC(=O)C1=C[C@H]2[C@@H]3C=C[C@@]2(O)C(=O)O[C@H]3O1. The van der Waals surface area contributed by atoms with Gasteiger partial charge in [-0.3, -0.25) is 4.79 Å². The number of hydrogen-bond donors (Lipinski definition) is 2. The smallest absolute Gasteiger partial charge is 0.345 e. The molecule has 0 aromatic carbocycles. The molecule has 1 fully saturated rings.